The van der Waals surface area contributed by atoms with Crippen LogP contribution in [0.15, 0.2) is 59.0 Å². The summed E-state index contributed by atoms with van der Waals surface area (Å²) in [6, 6.07) is 15.9. The molecule has 31 heavy (non-hydrogen) atoms. The summed E-state index contributed by atoms with van der Waals surface area (Å²) in [4.78, 5) is 14.8. The van der Waals surface area contributed by atoms with Gasteiger partial charge in [0.2, 0.25) is 11.8 Å². The van der Waals surface area contributed by atoms with Crippen LogP contribution in [0.5, 0.6) is 0 Å². The molecular formula is C24H27FN4O2. The number of amides is 1. The first-order chi connectivity index (χ1) is 15.2. The predicted octanol–water partition coefficient (Wildman–Crippen LogP) is 4.23. The van der Waals surface area contributed by atoms with Crippen LogP contribution in [0.3, 0.4) is 0 Å². The van der Waals surface area contributed by atoms with Gasteiger partial charge in [-0.15, -0.1) is 5.10 Å². The second kappa shape index (κ2) is 10.2. The van der Waals surface area contributed by atoms with Crippen LogP contribution in [0.1, 0.15) is 48.7 Å². The summed E-state index contributed by atoms with van der Waals surface area (Å²) in [5, 5.41) is 11.6. The summed E-state index contributed by atoms with van der Waals surface area (Å²) in [6.45, 7) is 1.81. The Morgan fingerprint density at radius 3 is 2.39 bits per heavy atom. The summed E-state index contributed by atoms with van der Waals surface area (Å²) in [7, 11) is 0. The highest BCUT2D eigenvalue weighted by Gasteiger charge is 2.24. The van der Waals surface area contributed by atoms with E-state index in [2.05, 4.69) is 20.4 Å². The van der Waals surface area contributed by atoms with Gasteiger partial charge in [0.25, 0.3) is 0 Å². The summed E-state index contributed by atoms with van der Waals surface area (Å²) in [5.41, 5.74) is 1.80. The molecule has 6 nitrogen and oxygen atoms in total. The summed E-state index contributed by atoms with van der Waals surface area (Å²) in [6.07, 6.45) is 5.34. The van der Waals surface area contributed by atoms with Gasteiger partial charge in [0, 0.05) is 19.5 Å². The first kappa shape index (κ1) is 21.0. The van der Waals surface area contributed by atoms with E-state index in [4.69, 9.17) is 4.42 Å². The van der Waals surface area contributed by atoms with Gasteiger partial charge in [-0.1, -0.05) is 60.4 Å². The molecule has 1 aliphatic rings. The predicted molar refractivity (Wildman–Crippen MR) is 116 cm³/mol. The number of anilines is 1. The lowest BCUT2D eigenvalue weighted by molar-refractivity contribution is -0.121. The number of benzene rings is 2. The first-order valence-electron chi connectivity index (χ1n) is 10.8. The van der Waals surface area contributed by atoms with Crippen LogP contribution in [0, 0.1) is 5.82 Å². The van der Waals surface area contributed by atoms with E-state index in [-0.39, 0.29) is 18.1 Å². The average Bonchev–Trinajstić information content (AvgIpc) is 3.11. The molecular weight excluding hydrogens is 395 g/mol. The van der Waals surface area contributed by atoms with Gasteiger partial charge in [-0.25, -0.2) is 4.39 Å². The minimum Gasteiger partial charge on any atom is -0.406 e. The van der Waals surface area contributed by atoms with E-state index in [1.54, 1.807) is 12.1 Å². The van der Waals surface area contributed by atoms with Gasteiger partial charge in [0.15, 0.2) is 0 Å². The van der Waals surface area contributed by atoms with Crippen LogP contribution < -0.4 is 10.2 Å². The maximum atomic E-state index is 13.1. The van der Waals surface area contributed by atoms with Crippen molar-refractivity contribution in [3.8, 4) is 0 Å². The van der Waals surface area contributed by atoms with Gasteiger partial charge in [0.1, 0.15) is 11.9 Å². The molecule has 0 aliphatic carbocycles. The molecule has 4 rings (SSSR count). The van der Waals surface area contributed by atoms with Crippen LogP contribution >= 0.6 is 0 Å². The topological polar surface area (TPSA) is 71.3 Å². The zero-order valence-corrected chi connectivity index (χ0v) is 17.5. The lowest BCUT2D eigenvalue weighted by atomic mass is 10.1. The molecule has 1 amide bonds. The highest BCUT2D eigenvalue weighted by Crippen LogP contribution is 2.23. The molecule has 1 atom stereocenters. The Labute approximate surface area is 181 Å². The number of nitrogens with one attached hydrogen (secondary N) is 1. The molecule has 2 heterocycles. The van der Waals surface area contributed by atoms with Gasteiger partial charge in [-0.2, -0.15) is 0 Å². The van der Waals surface area contributed by atoms with Gasteiger partial charge in [0.05, 0.1) is 6.42 Å². The molecule has 3 aromatic rings. The molecule has 1 N–H and O–H groups in total. The molecule has 0 bridgehead atoms. The number of halogens is 1. The van der Waals surface area contributed by atoms with Crippen molar-refractivity contribution in [2.45, 2.75) is 44.6 Å². The minimum absolute atomic E-state index is 0.151. The minimum atomic E-state index is -0.441. The third kappa shape index (κ3) is 5.90. The van der Waals surface area contributed by atoms with Gasteiger partial charge < -0.3 is 14.6 Å². The Bertz CT molecular complexity index is 967. The third-order valence-corrected chi connectivity index (χ3v) is 5.50. The summed E-state index contributed by atoms with van der Waals surface area (Å²) < 4.78 is 19.2. The second-order valence-electron chi connectivity index (χ2n) is 7.94. The van der Waals surface area contributed by atoms with Gasteiger partial charge >= 0.3 is 6.01 Å². The van der Waals surface area contributed by atoms with E-state index >= 15 is 0 Å². The van der Waals surface area contributed by atoms with Crippen molar-refractivity contribution in [1.82, 2.24) is 15.5 Å². The molecule has 162 valence electrons. The number of aromatic nitrogens is 2. The maximum absolute atomic E-state index is 13.1. The van der Waals surface area contributed by atoms with Crippen molar-refractivity contribution >= 4 is 11.9 Å². The van der Waals surface area contributed by atoms with E-state index in [9.17, 15) is 9.18 Å². The fourth-order valence-electron chi connectivity index (χ4n) is 3.84. The van der Waals surface area contributed by atoms with E-state index in [1.165, 1.54) is 25.0 Å². The summed E-state index contributed by atoms with van der Waals surface area (Å²) in [5.74, 6) is -0.101. The molecule has 7 heteroatoms. The molecule has 0 saturated carbocycles. The van der Waals surface area contributed by atoms with Crippen molar-refractivity contribution in [2.24, 2.45) is 0 Å². The fourth-order valence-corrected chi connectivity index (χ4v) is 3.84. The number of rotatable bonds is 7. The average molecular weight is 423 g/mol. The number of nitrogens with zero attached hydrogens (tertiary/aromatic N) is 3. The Kier molecular flexibility index (Phi) is 6.92. The highest BCUT2D eigenvalue weighted by atomic mass is 19.1. The van der Waals surface area contributed by atoms with E-state index in [0.717, 1.165) is 37.1 Å². The Hall–Kier alpha value is -3.22. The standard InChI is InChI=1S/C24H27FN4O2/c25-20-12-10-19(11-13-20)17-22(30)26-21(16-18-8-4-3-5-9-18)23-27-28-24(31-23)29-14-6-1-2-7-15-29/h3-5,8-13,21H,1-2,6-7,14-17H2,(H,26,30)/t21-/m0/s1. The van der Waals surface area contributed by atoms with Crippen LogP contribution in [-0.4, -0.2) is 29.2 Å². The lowest BCUT2D eigenvalue weighted by Gasteiger charge is -2.18. The molecule has 0 radical (unpaired) electrons. The zero-order valence-electron chi connectivity index (χ0n) is 17.5. The molecule has 2 aromatic carbocycles. The van der Waals surface area contributed by atoms with Gasteiger partial charge in [-0.3, -0.25) is 4.79 Å². The Balaban J connectivity index is 1.50. The van der Waals surface area contributed by atoms with Crippen LogP contribution in [0.25, 0.3) is 0 Å². The number of carbonyl (C=O) groups excluding carboxylic acids is 1. The van der Waals surface area contributed by atoms with Crippen LogP contribution in [0.4, 0.5) is 10.4 Å². The normalized spacial score (nSPS) is 15.3. The van der Waals surface area contributed by atoms with Crippen molar-refractivity contribution in [1.29, 1.82) is 0 Å². The third-order valence-electron chi connectivity index (χ3n) is 5.50. The molecule has 0 spiro atoms. The number of carbonyl (C=O) groups is 1. The first-order valence-corrected chi connectivity index (χ1v) is 10.8. The number of hydrogen-bond donors (Lipinski definition) is 1. The zero-order chi connectivity index (χ0) is 21.5. The van der Waals surface area contributed by atoms with Crippen LogP contribution in [0.2, 0.25) is 0 Å². The Morgan fingerprint density at radius 2 is 1.68 bits per heavy atom. The second-order valence-corrected chi connectivity index (χ2v) is 7.94. The smallest absolute Gasteiger partial charge is 0.318 e. The van der Waals surface area contributed by atoms with Crippen molar-refractivity contribution in [3.05, 3.63) is 77.4 Å². The molecule has 1 aliphatic heterocycles. The highest BCUT2D eigenvalue weighted by molar-refractivity contribution is 5.78. The maximum Gasteiger partial charge on any atom is 0.318 e. The Morgan fingerprint density at radius 1 is 0.968 bits per heavy atom. The molecule has 1 aromatic heterocycles. The van der Waals surface area contributed by atoms with Gasteiger partial charge in [-0.05, 0) is 36.1 Å². The molecule has 1 fully saturated rings. The monoisotopic (exact) mass is 422 g/mol. The van der Waals surface area contributed by atoms with Crippen LogP contribution in [-0.2, 0) is 17.6 Å². The van der Waals surface area contributed by atoms with Crippen molar-refractivity contribution in [2.75, 3.05) is 18.0 Å². The van der Waals surface area contributed by atoms with Crippen molar-refractivity contribution in [3.63, 3.8) is 0 Å². The molecule has 1 saturated heterocycles. The lowest BCUT2D eigenvalue weighted by Crippen LogP contribution is -2.31. The largest absolute Gasteiger partial charge is 0.406 e. The quantitative estimate of drug-likeness (QED) is 0.617. The number of hydrogen-bond acceptors (Lipinski definition) is 5. The fraction of sp³-hybridized carbons (Fsp3) is 0.375. The molecule has 0 unspecified atom stereocenters. The van der Waals surface area contributed by atoms with Crippen molar-refractivity contribution < 1.29 is 13.6 Å². The SMILES string of the molecule is O=C(Cc1ccc(F)cc1)N[C@@H](Cc1ccccc1)c1nnc(N2CCCCCC2)o1. The summed E-state index contributed by atoms with van der Waals surface area (Å²) >= 11 is 0. The van der Waals surface area contributed by atoms with E-state index in [1.807, 2.05) is 30.3 Å². The van der Waals surface area contributed by atoms with E-state index in [0.29, 0.717) is 18.3 Å². The van der Waals surface area contributed by atoms with E-state index < -0.39 is 6.04 Å².